The third kappa shape index (κ3) is 1.73. The normalized spacial score (nSPS) is 10.5. The van der Waals surface area contributed by atoms with Crippen molar-refractivity contribution in [2.75, 3.05) is 0 Å². The smallest absolute Gasteiger partial charge is 0.195 e. The minimum atomic E-state index is 0.551. The fourth-order valence-electron chi connectivity index (χ4n) is 1.26. The number of aromatic nitrogens is 6. The Morgan fingerprint density at radius 2 is 2.47 bits per heavy atom. The molecule has 15 heavy (non-hydrogen) atoms. The minimum Gasteiger partial charge on any atom is -0.295 e. The molecule has 0 radical (unpaired) electrons. The van der Waals surface area contributed by atoms with Crippen molar-refractivity contribution >= 4 is 12.2 Å². The van der Waals surface area contributed by atoms with E-state index >= 15 is 0 Å². The summed E-state index contributed by atoms with van der Waals surface area (Å²) in [5.74, 6) is 0.674. The molecule has 2 aromatic rings. The van der Waals surface area contributed by atoms with Crippen LogP contribution in [0, 0.1) is 4.77 Å². The zero-order chi connectivity index (χ0) is 10.8. The van der Waals surface area contributed by atoms with Gasteiger partial charge in [0.1, 0.15) is 5.69 Å². The van der Waals surface area contributed by atoms with Crippen molar-refractivity contribution in [1.82, 2.24) is 29.8 Å². The van der Waals surface area contributed by atoms with E-state index in [-0.39, 0.29) is 0 Å². The first-order valence-electron chi connectivity index (χ1n) is 4.35. The maximum Gasteiger partial charge on any atom is 0.195 e. The second kappa shape index (κ2) is 3.77. The average Bonchev–Trinajstić information content (AvgIpc) is 2.76. The monoisotopic (exact) mass is 222 g/mol. The zero-order valence-corrected chi connectivity index (χ0v) is 9.03. The van der Waals surface area contributed by atoms with Gasteiger partial charge in [0.05, 0.1) is 6.20 Å². The molecule has 7 heteroatoms. The summed E-state index contributed by atoms with van der Waals surface area (Å²) in [6.45, 7) is 4.27. The van der Waals surface area contributed by atoms with Crippen molar-refractivity contribution in [3.05, 3.63) is 23.6 Å². The van der Waals surface area contributed by atoms with E-state index in [1.807, 2.05) is 4.57 Å². The summed E-state index contributed by atoms with van der Waals surface area (Å²) in [7, 11) is 1.80. The molecule has 0 atom stereocenters. The summed E-state index contributed by atoms with van der Waals surface area (Å²) in [5.41, 5.74) is 0.687. The summed E-state index contributed by atoms with van der Waals surface area (Å²) in [4.78, 5) is 0. The second-order valence-corrected chi connectivity index (χ2v) is 3.42. The fraction of sp³-hybridized carbons (Fsp3) is 0.250. The minimum absolute atomic E-state index is 0.551. The molecule has 0 amide bonds. The van der Waals surface area contributed by atoms with Gasteiger partial charge in [0.25, 0.3) is 0 Å². The molecule has 0 unspecified atom stereocenters. The Bertz CT molecular complexity index is 533. The molecule has 0 saturated heterocycles. The summed E-state index contributed by atoms with van der Waals surface area (Å²) >= 11 is 5.09. The first-order chi connectivity index (χ1) is 7.22. The molecule has 6 nitrogen and oxygen atoms in total. The highest BCUT2D eigenvalue weighted by Crippen LogP contribution is 2.12. The van der Waals surface area contributed by atoms with Crippen molar-refractivity contribution in [1.29, 1.82) is 0 Å². The van der Waals surface area contributed by atoms with E-state index in [4.69, 9.17) is 12.2 Å². The van der Waals surface area contributed by atoms with Crippen LogP contribution in [-0.2, 0) is 13.6 Å². The first kappa shape index (κ1) is 9.78. The van der Waals surface area contributed by atoms with E-state index in [1.54, 1.807) is 24.0 Å². The lowest BCUT2D eigenvalue weighted by Crippen LogP contribution is -1.98. The van der Waals surface area contributed by atoms with Crippen LogP contribution in [0.1, 0.15) is 0 Å². The Morgan fingerprint density at radius 3 is 3.07 bits per heavy atom. The van der Waals surface area contributed by atoms with Crippen LogP contribution in [-0.4, -0.2) is 29.8 Å². The lowest BCUT2D eigenvalue weighted by Gasteiger charge is -1.98. The third-order valence-corrected chi connectivity index (χ3v) is 2.21. The number of allylic oxidation sites excluding steroid dienone is 1. The summed E-state index contributed by atoms with van der Waals surface area (Å²) in [6, 6.07) is 0. The van der Waals surface area contributed by atoms with Crippen LogP contribution in [0.2, 0.25) is 0 Å². The molecular formula is C8H10N6S. The lowest BCUT2D eigenvalue weighted by atomic mass is 10.4. The summed E-state index contributed by atoms with van der Waals surface area (Å²) < 4.78 is 3.98. The third-order valence-electron chi connectivity index (χ3n) is 1.90. The average molecular weight is 222 g/mol. The van der Waals surface area contributed by atoms with Crippen molar-refractivity contribution in [2.45, 2.75) is 6.54 Å². The number of H-pyrrole nitrogens is 1. The molecule has 2 heterocycles. The maximum absolute atomic E-state index is 5.09. The molecule has 78 valence electrons. The van der Waals surface area contributed by atoms with Gasteiger partial charge in [-0.15, -0.1) is 11.7 Å². The summed E-state index contributed by atoms with van der Waals surface area (Å²) in [6.07, 6.45) is 3.54. The number of rotatable bonds is 3. The highest BCUT2D eigenvalue weighted by molar-refractivity contribution is 7.71. The number of nitrogens with zero attached hydrogens (tertiary/aromatic N) is 5. The van der Waals surface area contributed by atoms with Crippen LogP contribution in [0.15, 0.2) is 18.9 Å². The highest BCUT2D eigenvalue weighted by Gasteiger charge is 2.10. The number of nitrogens with one attached hydrogen (secondary N) is 1. The van der Waals surface area contributed by atoms with Crippen molar-refractivity contribution in [3.63, 3.8) is 0 Å². The van der Waals surface area contributed by atoms with Gasteiger partial charge >= 0.3 is 0 Å². The molecule has 0 aromatic carbocycles. The van der Waals surface area contributed by atoms with Crippen LogP contribution in [0.25, 0.3) is 11.5 Å². The van der Waals surface area contributed by atoms with Crippen molar-refractivity contribution < 1.29 is 0 Å². The SMILES string of the molecule is C=CCn1c(-c2cn(C)nn2)n[nH]c1=S. The van der Waals surface area contributed by atoms with Crippen molar-refractivity contribution in [2.24, 2.45) is 7.05 Å². The molecule has 0 spiro atoms. The van der Waals surface area contributed by atoms with Gasteiger partial charge in [0.15, 0.2) is 10.6 Å². The molecule has 2 aromatic heterocycles. The second-order valence-electron chi connectivity index (χ2n) is 3.03. The Balaban J connectivity index is 2.52. The standard InChI is InChI=1S/C8H10N6S/c1-3-4-14-7(10-11-8(14)15)6-5-13(2)12-9-6/h3,5H,1,4H2,2H3,(H,11,15). The van der Waals surface area contributed by atoms with E-state index in [0.29, 0.717) is 22.8 Å². The van der Waals surface area contributed by atoms with E-state index in [2.05, 4.69) is 27.1 Å². The topological polar surface area (TPSA) is 64.3 Å². The first-order valence-corrected chi connectivity index (χ1v) is 4.76. The molecular weight excluding hydrogens is 212 g/mol. The molecule has 0 saturated carbocycles. The van der Waals surface area contributed by atoms with E-state index in [9.17, 15) is 0 Å². The van der Waals surface area contributed by atoms with Gasteiger partial charge in [-0.1, -0.05) is 11.3 Å². The molecule has 0 aliphatic heterocycles. The van der Waals surface area contributed by atoms with Gasteiger partial charge in [0, 0.05) is 13.6 Å². The van der Waals surface area contributed by atoms with Gasteiger partial charge in [0.2, 0.25) is 0 Å². The Morgan fingerprint density at radius 1 is 1.67 bits per heavy atom. The highest BCUT2D eigenvalue weighted by atomic mass is 32.1. The Hall–Kier alpha value is -1.76. The molecule has 0 aliphatic rings. The van der Waals surface area contributed by atoms with E-state index in [0.717, 1.165) is 0 Å². The molecule has 1 N–H and O–H groups in total. The van der Waals surface area contributed by atoms with E-state index in [1.165, 1.54) is 0 Å². The zero-order valence-electron chi connectivity index (χ0n) is 8.21. The number of hydrogen-bond donors (Lipinski definition) is 1. The quantitative estimate of drug-likeness (QED) is 0.619. The number of aromatic amines is 1. The van der Waals surface area contributed by atoms with Crippen LogP contribution in [0.5, 0.6) is 0 Å². The van der Waals surface area contributed by atoms with Crippen LogP contribution in [0.3, 0.4) is 0 Å². The van der Waals surface area contributed by atoms with Gasteiger partial charge in [-0.2, -0.15) is 5.10 Å². The maximum atomic E-state index is 5.09. The number of hydrogen-bond acceptors (Lipinski definition) is 4. The Kier molecular flexibility index (Phi) is 2.46. The molecule has 0 bridgehead atoms. The fourth-order valence-corrected chi connectivity index (χ4v) is 1.47. The lowest BCUT2D eigenvalue weighted by molar-refractivity contribution is 0.714. The Labute approximate surface area is 91.2 Å². The predicted molar refractivity (Wildman–Crippen MR) is 57.6 cm³/mol. The number of aryl methyl sites for hydroxylation is 1. The van der Waals surface area contributed by atoms with Crippen LogP contribution in [0.4, 0.5) is 0 Å². The molecule has 0 aliphatic carbocycles. The summed E-state index contributed by atoms with van der Waals surface area (Å²) in [5, 5.41) is 14.6. The molecule has 2 rings (SSSR count). The largest absolute Gasteiger partial charge is 0.295 e. The van der Waals surface area contributed by atoms with Gasteiger partial charge in [-0.25, -0.2) is 0 Å². The van der Waals surface area contributed by atoms with Gasteiger partial charge in [-0.3, -0.25) is 14.3 Å². The van der Waals surface area contributed by atoms with Crippen molar-refractivity contribution in [3.8, 4) is 11.5 Å². The van der Waals surface area contributed by atoms with Crippen LogP contribution < -0.4 is 0 Å². The van der Waals surface area contributed by atoms with Gasteiger partial charge < -0.3 is 0 Å². The van der Waals surface area contributed by atoms with Crippen LogP contribution >= 0.6 is 12.2 Å². The molecule has 0 fully saturated rings. The van der Waals surface area contributed by atoms with E-state index < -0.39 is 0 Å². The van der Waals surface area contributed by atoms with Gasteiger partial charge in [-0.05, 0) is 12.2 Å². The predicted octanol–water partition coefficient (Wildman–Crippen LogP) is 0.922.